The zero-order valence-electron chi connectivity index (χ0n) is 5.72. The first-order valence-corrected chi connectivity index (χ1v) is 4.62. The van der Waals surface area contributed by atoms with Crippen molar-refractivity contribution in [3.8, 4) is 0 Å². The van der Waals surface area contributed by atoms with E-state index in [4.69, 9.17) is 11.6 Å². The van der Waals surface area contributed by atoms with Crippen molar-refractivity contribution in [2.24, 2.45) is 0 Å². The third kappa shape index (κ3) is 0.867. The van der Waals surface area contributed by atoms with Gasteiger partial charge in [-0.1, -0.05) is 18.5 Å². The van der Waals surface area contributed by atoms with Gasteiger partial charge in [-0.15, -0.1) is 11.3 Å². The third-order valence-electron chi connectivity index (χ3n) is 1.97. The van der Waals surface area contributed by atoms with E-state index in [9.17, 15) is 0 Å². The van der Waals surface area contributed by atoms with Gasteiger partial charge in [0, 0.05) is 4.88 Å². The molecule has 0 fully saturated rings. The number of nitrogens with zero attached hydrogens (tertiary/aromatic N) is 1. The minimum atomic E-state index is 0.638. The van der Waals surface area contributed by atoms with Gasteiger partial charge < -0.3 is 0 Å². The molecule has 0 N–H and O–H groups in total. The van der Waals surface area contributed by atoms with Crippen molar-refractivity contribution in [2.45, 2.75) is 25.7 Å². The molecule has 1 aromatic rings. The highest BCUT2D eigenvalue weighted by Crippen LogP contribution is 2.37. The normalized spacial score (nSPS) is 23.2. The average molecular weight is 174 g/mol. The van der Waals surface area contributed by atoms with E-state index in [0.29, 0.717) is 10.4 Å². The first kappa shape index (κ1) is 6.62. The summed E-state index contributed by atoms with van der Waals surface area (Å²) in [7, 11) is 0. The van der Waals surface area contributed by atoms with Crippen LogP contribution in [-0.2, 0) is 6.42 Å². The van der Waals surface area contributed by atoms with Gasteiger partial charge in [0.25, 0.3) is 0 Å². The minimum absolute atomic E-state index is 0.638. The van der Waals surface area contributed by atoms with Crippen molar-refractivity contribution in [3.05, 3.63) is 15.0 Å². The summed E-state index contributed by atoms with van der Waals surface area (Å²) in [6.45, 7) is 2.21. The van der Waals surface area contributed by atoms with Gasteiger partial charge in [-0.25, -0.2) is 4.98 Å². The lowest BCUT2D eigenvalue weighted by molar-refractivity contribution is 0.731. The van der Waals surface area contributed by atoms with E-state index in [1.54, 1.807) is 11.3 Å². The fraction of sp³-hybridized carbons (Fsp3) is 0.571. The molecule has 0 spiro atoms. The van der Waals surface area contributed by atoms with Crippen LogP contribution in [0.4, 0.5) is 0 Å². The van der Waals surface area contributed by atoms with Crippen molar-refractivity contribution in [1.29, 1.82) is 0 Å². The molecule has 1 aliphatic rings. The number of aryl methyl sites for hydroxylation is 1. The Labute approximate surface area is 69.0 Å². The molecule has 1 unspecified atom stereocenters. The summed E-state index contributed by atoms with van der Waals surface area (Å²) >= 11 is 7.39. The highest BCUT2D eigenvalue weighted by atomic mass is 35.5. The molecule has 0 bridgehead atoms. The summed E-state index contributed by atoms with van der Waals surface area (Å²) in [5.74, 6) is 0.638. The maximum atomic E-state index is 5.75. The molecule has 1 heterocycles. The number of hydrogen-bond donors (Lipinski definition) is 0. The molecule has 0 saturated carbocycles. The van der Waals surface area contributed by atoms with Gasteiger partial charge in [-0.3, -0.25) is 0 Å². The quantitative estimate of drug-likeness (QED) is 0.588. The highest BCUT2D eigenvalue weighted by Gasteiger charge is 2.22. The van der Waals surface area contributed by atoms with Gasteiger partial charge in [-0.2, -0.15) is 0 Å². The number of fused-ring (bicyclic) bond motifs is 1. The monoisotopic (exact) mass is 173 g/mol. The van der Waals surface area contributed by atoms with E-state index in [1.807, 2.05) is 0 Å². The molecular formula is C7H8ClNS. The molecule has 1 aromatic heterocycles. The largest absolute Gasteiger partial charge is 0.229 e. The van der Waals surface area contributed by atoms with Gasteiger partial charge in [0.2, 0.25) is 0 Å². The lowest BCUT2D eigenvalue weighted by Gasteiger charge is -1.95. The fourth-order valence-electron chi connectivity index (χ4n) is 1.38. The Kier molecular flexibility index (Phi) is 1.46. The number of thiazole rings is 1. The molecule has 10 heavy (non-hydrogen) atoms. The van der Waals surface area contributed by atoms with Crippen LogP contribution in [0.1, 0.15) is 29.8 Å². The topological polar surface area (TPSA) is 12.9 Å². The number of aromatic nitrogens is 1. The molecule has 3 heteroatoms. The molecule has 0 amide bonds. The Morgan fingerprint density at radius 2 is 2.50 bits per heavy atom. The van der Waals surface area contributed by atoms with Crippen LogP contribution in [-0.4, -0.2) is 4.98 Å². The Morgan fingerprint density at radius 1 is 1.70 bits per heavy atom. The molecule has 0 saturated heterocycles. The maximum Gasteiger partial charge on any atom is 0.184 e. The number of rotatable bonds is 0. The molecule has 1 nitrogen and oxygen atoms in total. The lowest BCUT2D eigenvalue weighted by Crippen LogP contribution is -1.85. The van der Waals surface area contributed by atoms with E-state index in [2.05, 4.69) is 11.9 Å². The summed E-state index contributed by atoms with van der Waals surface area (Å²) in [4.78, 5) is 5.66. The van der Waals surface area contributed by atoms with Gasteiger partial charge in [0.15, 0.2) is 4.47 Å². The Bertz CT molecular complexity index is 256. The van der Waals surface area contributed by atoms with Crippen LogP contribution in [0.2, 0.25) is 4.47 Å². The molecule has 0 aliphatic heterocycles. The third-order valence-corrected chi connectivity index (χ3v) is 3.21. The van der Waals surface area contributed by atoms with Gasteiger partial charge in [0.05, 0.1) is 5.69 Å². The van der Waals surface area contributed by atoms with Crippen molar-refractivity contribution in [2.75, 3.05) is 0 Å². The highest BCUT2D eigenvalue weighted by molar-refractivity contribution is 7.15. The van der Waals surface area contributed by atoms with Gasteiger partial charge in [0.1, 0.15) is 0 Å². The van der Waals surface area contributed by atoms with Crippen LogP contribution in [0.5, 0.6) is 0 Å². The number of halogens is 1. The Morgan fingerprint density at radius 3 is 3.20 bits per heavy atom. The fourth-order valence-corrected chi connectivity index (χ4v) is 2.67. The standard InChI is InChI=1S/C7H8ClNS/c1-4-2-3-5-6(4)9-7(8)10-5/h4H,2-3H2,1H3. The van der Waals surface area contributed by atoms with Crippen molar-refractivity contribution < 1.29 is 0 Å². The molecular weight excluding hydrogens is 166 g/mol. The van der Waals surface area contributed by atoms with Crippen LogP contribution < -0.4 is 0 Å². The molecule has 1 atom stereocenters. The van der Waals surface area contributed by atoms with Crippen molar-refractivity contribution >= 4 is 22.9 Å². The molecule has 2 rings (SSSR count). The second kappa shape index (κ2) is 2.21. The average Bonchev–Trinajstić information content (AvgIpc) is 2.35. The van der Waals surface area contributed by atoms with Crippen LogP contribution in [0, 0.1) is 0 Å². The summed E-state index contributed by atoms with van der Waals surface area (Å²) in [6.07, 6.45) is 2.44. The zero-order valence-corrected chi connectivity index (χ0v) is 7.30. The van der Waals surface area contributed by atoms with E-state index in [0.717, 1.165) is 0 Å². The van der Waals surface area contributed by atoms with Gasteiger partial charge >= 0.3 is 0 Å². The summed E-state index contributed by atoms with van der Waals surface area (Å²) in [6, 6.07) is 0. The molecule has 1 aliphatic carbocycles. The Hall–Kier alpha value is -0.0800. The van der Waals surface area contributed by atoms with Crippen LogP contribution in [0.15, 0.2) is 0 Å². The first-order chi connectivity index (χ1) is 4.77. The summed E-state index contributed by atoms with van der Waals surface area (Å²) < 4.78 is 0.705. The molecule has 0 aromatic carbocycles. The van der Waals surface area contributed by atoms with E-state index in [1.165, 1.54) is 23.4 Å². The molecule has 0 radical (unpaired) electrons. The second-order valence-electron chi connectivity index (χ2n) is 2.71. The SMILES string of the molecule is CC1CCc2sc(Cl)nc21. The van der Waals surface area contributed by atoms with Crippen molar-refractivity contribution in [1.82, 2.24) is 4.98 Å². The zero-order chi connectivity index (χ0) is 7.14. The van der Waals surface area contributed by atoms with E-state index in [-0.39, 0.29) is 0 Å². The second-order valence-corrected chi connectivity index (χ2v) is 4.38. The van der Waals surface area contributed by atoms with Gasteiger partial charge in [-0.05, 0) is 18.8 Å². The number of hydrogen-bond acceptors (Lipinski definition) is 2. The minimum Gasteiger partial charge on any atom is -0.229 e. The predicted molar refractivity (Wildman–Crippen MR) is 43.9 cm³/mol. The van der Waals surface area contributed by atoms with E-state index >= 15 is 0 Å². The molecule has 54 valence electrons. The van der Waals surface area contributed by atoms with Crippen LogP contribution >= 0.6 is 22.9 Å². The maximum absolute atomic E-state index is 5.75. The van der Waals surface area contributed by atoms with Crippen LogP contribution in [0.3, 0.4) is 0 Å². The predicted octanol–water partition coefficient (Wildman–Crippen LogP) is 2.85. The Balaban J connectivity index is 2.49. The van der Waals surface area contributed by atoms with Crippen molar-refractivity contribution in [3.63, 3.8) is 0 Å². The van der Waals surface area contributed by atoms with Crippen LogP contribution in [0.25, 0.3) is 0 Å². The first-order valence-electron chi connectivity index (χ1n) is 3.42. The lowest BCUT2D eigenvalue weighted by atomic mass is 10.1. The summed E-state index contributed by atoms with van der Waals surface area (Å²) in [5, 5.41) is 0. The van der Waals surface area contributed by atoms with E-state index < -0.39 is 0 Å². The summed E-state index contributed by atoms with van der Waals surface area (Å²) in [5.41, 5.74) is 1.25. The smallest absolute Gasteiger partial charge is 0.184 e.